The highest BCUT2D eigenvalue weighted by molar-refractivity contribution is 6.08. The van der Waals surface area contributed by atoms with E-state index >= 15 is 0 Å². The van der Waals surface area contributed by atoms with Crippen LogP contribution in [-0.2, 0) is 0 Å². The molecule has 0 unspecified atom stereocenters. The Balaban J connectivity index is 1.70. The first-order chi connectivity index (χ1) is 14.5. The minimum absolute atomic E-state index is 0.167. The fourth-order valence-corrected chi connectivity index (χ4v) is 3.06. The van der Waals surface area contributed by atoms with E-state index in [0.29, 0.717) is 6.54 Å². The third kappa shape index (κ3) is 4.91. The molecule has 8 nitrogen and oxygen atoms in total. The SMILES string of the molecule is CC[C@@H](CNC(=O)c1ccccc1NC(=O)c1ccc([N+](=O)[O-])o1)c1ccccc1. The highest BCUT2D eigenvalue weighted by atomic mass is 16.6. The summed E-state index contributed by atoms with van der Waals surface area (Å²) in [7, 11) is 0. The van der Waals surface area contributed by atoms with E-state index in [9.17, 15) is 19.7 Å². The molecule has 30 heavy (non-hydrogen) atoms. The minimum Gasteiger partial charge on any atom is -0.395 e. The standard InChI is InChI=1S/C22H21N3O5/c1-2-15(16-8-4-3-5-9-16)14-23-21(26)17-10-6-7-11-18(17)24-22(27)19-12-13-20(30-19)25(28)29/h3-13,15H,2,14H2,1H3,(H,23,26)(H,24,27)/t15-/m0/s1. The van der Waals surface area contributed by atoms with Crippen LogP contribution in [0.25, 0.3) is 0 Å². The molecule has 1 heterocycles. The van der Waals surface area contributed by atoms with Crippen molar-refractivity contribution in [1.82, 2.24) is 5.32 Å². The number of hydrogen-bond acceptors (Lipinski definition) is 5. The summed E-state index contributed by atoms with van der Waals surface area (Å²) in [4.78, 5) is 35.1. The second kappa shape index (κ2) is 9.51. The third-order valence-electron chi connectivity index (χ3n) is 4.69. The number of para-hydroxylation sites is 1. The third-order valence-corrected chi connectivity index (χ3v) is 4.69. The fraction of sp³-hybridized carbons (Fsp3) is 0.182. The van der Waals surface area contributed by atoms with Crippen LogP contribution in [0.15, 0.2) is 71.1 Å². The molecule has 0 fully saturated rings. The summed E-state index contributed by atoms with van der Waals surface area (Å²) >= 11 is 0. The van der Waals surface area contributed by atoms with Gasteiger partial charge in [-0.15, -0.1) is 0 Å². The van der Waals surface area contributed by atoms with E-state index in [-0.39, 0.29) is 28.8 Å². The Morgan fingerprint density at radius 2 is 1.70 bits per heavy atom. The van der Waals surface area contributed by atoms with Gasteiger partial charge in [-0.1, -0.05) is 49.4 Å². The van der Waals surface area contributed by atoms with Crippen molar-refractivity contribution in [2.75, 3.05) is 11.9 Å². The number of hydrogen-bond donors (Lipinski definition) is 2. The molecule has 0 saturated carbocycles. The summed E-state index contributed by atoms with van der Waals surface area (Å²) in [6.45, 7) is 2.51. The lowest BCUT2D eigenvalue weighted by atomic mass is 9.96. The van der Waals surface area contributed by atoms with Crippen molar-refractivity contribution in [3.05, 3.63) is 93.7 Å². The van der Waals surface area contributed by atoms with Crippen molar-refractivity contribution in [2.45, 2.75) is 19.3 Å². The van der Waals surface area contributed by atoms with Crippen LogP contribution in [0, 0.1) is 10.1 Å². The number of anilines is 1. The lowest BCUT2D eigenvalue weighted by molar-refractivity contribution is -0.402. The molecule has 0 spiro atoms. The quantitative estimate of drug-likeness (QED) is 0.425. The minimum atomic E-state index is -0.727. The maximum atomic E-state index is 12.8. The molecular formula is C22H21N3O5. The number of benzene rings is 2. The molecule has 0 saturated heterocycles. The number of furan rings is 1. The molecule has 0 aliphatic rings. The zero-order chi connectivity index (χ0) is 21.5. The van der Waals surface area contributed by atoms with Gasteiger partial charge in [0.05, 0.1) is 17.3 Å². The van der Waals surface area contributed by atoms with E-state index in [1.165, 1.54) is 6.07 Å². The highest BCUT2D eigenvalue weighted by Gasteiger charge is 2.20. The number of nitro groups is 1. The van der Waals surface area contributed by atoms with E-state index in [1.54, 1.807) is 24.3 Å². The molecule has 0 aliphatic heterocycles. The number of rotatable bonds is 8. The number of nitrogens with zero attached hydrogens (tertiary/aromatic N) is 1. The smallest absolute Gasteiger partial charge is 0.395 e. The lowest BCUT2D eigenvalue weighted by Crippen LogP contribution is -2.29. The Morgan fingerprint density at radius 3 is 2.37 bits per heavy atom. The summed E-state index contributed by atoms with van der Waals surface area (Å²) in [6.07, 6.45) is 0.861. The molecule has 154 valence electrons. The molecule has 1 atom stereocenters. The first-order valence-electron chi connectivity index (χ1n) is 9.47. The van der Waals surface area contributed by atoms with Crippen molar-refractivity contribution in [2.24, 2.45) is 0 Å². The van der Waals surface area contributed by atoms with Crippen molar-refractivity contribution in [1.29, 1.82) is 0 Å². The molecule has 0 aliphatic carbocycles. The number of carbonyl (C=O) groups excluding carboxylic acids is 2. The Bertz CT molecular complexity index is 1050. The molecule has 2 amide bonds. The number of nitrogens with one attached hydrogen (secondary N) is 2. The maximum absolute atomic E-state index is 12.8. The zero-order valence-electron chi connectivity index (χ0n) is 16.3. The van der Waals surface area contributed by atoms with Gasteiger partial charge >= 0.3 is 5.88 Å². The largest absolute Gasteiger partial charge is 0.433 e. The Kier molecular flexibility index (Phi) is 6.59. The van der Waals surface area contributed by atoms with E-state index in [1.807, 2.05) is 30.3 Å². The van der Waals surface area contributed by atoms with Crippen molar-refractivity contribution < 1.29 is 18.9 Å². The van der Waals surface area contributed by atoms with Crippen LogP contribution in [0.1, 0.15) is 45.7 Å². The number of carbonyl (C=O) groups is 2. The van der Waals surface area contributed by atoms with E-state index < -0.39 is 16.7 Å². The first-order valence-corrected chi connectivity index (χ1v) is 9.47. The lowest BCUT2D eigenvalue weighted by Gasteiger charge is -2.17. The summed E-state index contributed by atoms with van der Waals surface area (Å²) in [6, 6.07) is 18.8. The van der Waals surface area contributed by atoms with E-state index in [4.69, 9.17) is 4.42 Å². The maximum Gasteiger partial charge on any atom is 0.433 e. The van der Waals surface area contributed by atoms with Gasteiger partial charge in [-0.3, -0.25) is 19.7 Å². The Labute approximate surface area is 173 Å². The van der Waals surface area contributed by atoms with Gasteiger partial charge < -0.3 is 15.1 Å². The monoisotopic (exact) mass is 407 g/mol. The van der Waals surface area contributed by atoms with Crippen molar-refractivity contribution in [3.8, 4) is 0 Å². The predicted octanol–water partition coefficient (Wildman–Crippen LogP) is 4.36. The highest BCUT2D eigenvalue weighted by Crippen LogP contribution is 2.21. The summed E-state index contributed by atoms with van der Waals surface area (Å²) in [5, 5.41) is 16.2. The number of amides is 2. The average Bonchev–Trinajstić information content (AvgIpc) is 3.26. The van der Waals surface area contributed by atoms with Crippen LogP contribution in [0.4, 0.5) is 11.6 Å². The topological polar surface area (TPSA) is 114 Å². The zero-order valence-corrected chi connectivity index (χ0v) is 16.3. The van der Waals surface area contributed by atoms with Crippen LogP contribution >= 0.6 is 0 Å². The van der Waals surface area contributed by atoms with Crippen LogP contribution in [0.5, 0.6) is 0 Å². The van der Waals surface area contributed by atoms with Gasteiger partial charge in [0.2, 0.25) is 0 Å². The second-order valence-electron chi connectivity index (χ2n) is 6.62. The van der Waals surface area contributed by atoms with Crippen molar-refractivity contribution in [3.63, 3.8) is 0 Å². The average molecular weight is 407 g/mol. The summed E-state index contributed by atoms with van der Waals surface area (Å²) in [5.41, 5.74) is 1.71. The Hall–Kier alpha value is -3.94. The molecule has 2 aromatic carbocycles. The van der Waals surface area contributed by atoms with Gasteiger partial charge in [0.25, 0.3) is 11.8 Å². The molecule has 0 bridgehead atoms. The van der Waals surface area contributed by atoms with Crippen LogP contribution < -0.4 is 10.6 Å². The fourth-order valence-electron chi connectivity index (χ4n) is 3.06. The Morgan fingerprint density at radius 1 is 1.00 bits per heavy atom. The molecule has 3 rings (SSSR count). The molecular weight excluding hydrogens is 386 g/mol. The molecule has 8 heteroatoms. The molecule has 3 aromatic rings. The normalized spacial score (nSPS) is 11.5. The molecule has 0 radical (unpaired) electrons. The second-order valence-corrected chi connectivity index (χ2v) is 6.62. The van der Waals surface area contributed by atoms with E-state index in [2.05, 4.69) is 17.6 Å². The van der Waals surface area contributed by atoms with Gasteiger partial charge in [0.15, 0.2) is 5.76 Å². The van der Waals surface area contributed by atoms with E-state index in [0.717, 1.165) is 18.1 Å². The van der Waals surface area contributed by atoms with Crippen LogP contribution in [0.3, 0.4) is 0 Å². The van der Waals surface area contributed by atoms with Gasteiger partial charge in [-0.2, -0.15) is 0 Å². The predicted molar refractivity (Wildman–Crippen MR) is 112 cm³/mol. The summed E-state index contributed by atoms with van der Waals surface area (Å²) < 4.78 is 4.91. The summed E-state index contributed by atoms with van der Waals surface area (Å²) in [5.74, 6) is -1.59. The first kappa shape index (κ1) is 20.8. The van der Waals surface area contributed by atoms with Gasteiger partial charge in [-0.05, 0) is 30.2 Å². The van der Waals surface area contributed by atoms with Crippen LogP contribution in [0.2, 0.25) is 0 Å². The van der Waals surface area contributed by atoms with Gasteiger partial charge in [0, 0.05) is 12.5 Å². The molecule has 2 N–H and O–H groups in total. The molecule has 1 aromatic heterocycles. The van der Waals surface area contributed by atoms with Gasteiger partial charge in [0.1, 0.15) is 4.92 Å². The van der Waals surface area contributed by atoms with Crippen LogP contribution in [-0.4, -0.2) is 23.3 Å². The van der Waals surface area contributed by atoms with Gasteiger partial charge in [-0.25, -0.2) is 0 Å². The van der Waals surface area contributed by atoms with Crippen molar-refractivity contribution >= 4 is 23.4 Å².